The third-order valence-corrected chi connectivity index (χ3v) is 5.10. The van der Waals surface area contributed by atoms with Gasteiger partial charge in [-0.15, -0.1) is 0 Å². The Bertz CT molecular complexity index is 554. The van der Waals surface area contributed by atoms with Crippen molar-refractivity contribution in [2.24, 2.45) is 22.7 Å². The summed E-state index contributed by atoms with van der Waals surface area (Å²) in [5.74, 6) is 0.262. The van der Waals surface area contributed by atoms with Crippen LogP contribution in [0.2, 0.25) is 0 Å². The number of nitrogens with zero attached hydrogens (tertiary/aromatic N) is 2. The second-order valence-corrected chi connectivity index (χ2v) is 7.45. The van der Waals surface area contributed by atoms with Crippen LogP contribution < -0.4 is 0 Å². The van der Waals surface area contributed by atoms with Gasteiger partial charge in [-0.1, -0.05) is 40.7 Å². The first-order valence-corrected chi connectivity index (χ1v) is 7.57. The van der Waals surface area contributed by atoms with Crippen molar-refractivity contribution in [1.29, 1.82) is 0 Å². The summed E-state index contributed by atoms with van der Waals surface area (Å²) >= 11 is 0. The molecule has 1 amide bonds. The van der Waals surface area contributed by atoms with E-state index in [-0.39, 0.29) is 34.6 Å². The maximum absolute atomic E-state index is 12.4. The average molecular weight is 288 g/mol. The highest BCUT2D eigenvalue weighted by molar-refractivity contribution is 6.02. The highest BCUT2D eigenvalue weighted by Gasteiger charge is 2.53. The third kappa shape index (κ3) is 2.39. The largest absolute Gasteiger partial charge is 0.342 e. The minimum Gasteiger partial charge on any atom is -0.342 e. The summed E-state index contributed by atoms with van der Waals surface area (Å²) in [6.45, 7) is 18.3. The number of ketones is 1. The van der Waals surface area contributed by atoms with E-state index < -0.39 is 5.41 Å². The van der Waals surface area contributed by atoms with E-state index in [9.17, 15) is 9.59 Å². The monoisotopic (exact) mass is 288 g/mol. The van der Waals surface area contributed by atoms with Crippen LogP contribution >= 0.6 is 0 Å². The van der Waals surface area contributed by atoms with Crippen LogP contribution in [0.3, 0.4) is 0 Å². The van der Waals surface area contributed by atoms with Crippen LogP contribution in [0.1, 0.15) is 41.0 Å². The predicted octanol–water partition coefficient (Wildman–Crippen LogP) is 2.91. The van der Waals surface area contributed by atoms with Gasteiger partial charge in [0.2, 0.25) is 11.6 Å². The van der Waals surface area contributed by atoms with Gasteiger partial charge in [0.1, 0.15) is 0 Å². The van der Waals surface area contributed by atoms with Crippen LogP contribution in [-0.2, 0) is 9.59 Å². The van der Waals surface area contributed by atoms with Crippen LogP contribution in [0.25, 0.3) is 4.85 Å². The fraction of sp³-hybridized carbons (Fsp3) is 0.706. The normalized spacial score (nSPS) is 31.5. The lowest BCUT2D eigenvalue weighted by Gasteiger charge is -2.53. The Kier molecular flexibility index (Phi) is 3.73. The summed E-state index contributed by atoms with van der Waals surface area (Å²) in [7, 11) is 0. The first-order chi connectivity index (χ1) is 9.63. The average Bonchev–Trinajstić information content (AvgIpc) is 2.41. The molecule has 0 unspecified atom stereocenters. The molecule has 0 saturated carbocycles. The van der Waals surface area contributed by atoms with E-state index in [2.05, 4.69) is 11.8 Å². The molecule has 4 nitrogen and oxygen atoms in total. The van der Waals surface area contributed by atoms with Gasteiger partial charge >= 0.3 is 0 Å². The molecular formula is C17H24N2O2. The molecule has 2 rings (SSSR count). The van der Waals surface area contributed by atoms with Gasteiger partial charge in [0.15, 0.2) is 5.78 Å². The molecule has 0 spiro atoms. The van der Waals surface area contributed by atoms with E-state index in [1.807, 2.05) is 38.7 Å². The Labute approximate surface area is 127 Å². The maximum Gasteiger partial charge on any atom is 0.226 e. The molecule has 2 aliphatic rings. The summed E-state index contributed by atoms with van der Waals surface area (Å²) in [5.41, 5.74) is -0.589. The number of piperidine rings is 1. The maximum atomic E-state index is 12.4. The van der Waals surface area contributed by atoms with Gasteiger partial charge in [-0.25, -0.2) is 4.85 Å². The minimum atomic E-state index is -0.531. The van der Waals surface area contributed by atoms with Gasteiger partial charge in [-0.05, 0) is 17.8 Å². The van der Waals surface area contributed by atoms with Crippen molar-refractivity contribution in [3.8, 4) is 0 Å². The second kappa shape index (κ2) is 4.98. The number of allylic oxidation sites excluding steroid dienone is 1. The Balaban J connectivity index is 2.40. The molecule has 1 saturated heterocycles. The number of carbonyl (C=O) groups excluding carboxylic acids is 2. The van der Waals surface area contributed by atoms with Crippen molar-refractivity contribution in [2.45, 2.75) is 41.0 Å². The van der Waals surface area contributed by atoms with Gasteiger partial charge < -0.3 is 9.69 Å². The van der Waals surface area contributed by atoms with Crippen LogP contribution in [0.15, 0.2) is 11.8 Å². The molecule has 21 heavy (non-hydrogen) atoms. The fourth-order valence-corrected chi connectivity index (χ4v) is 4.05. The SMILES string of the molecule is [C-]#[N+]C1=C[C@@]2(C)CN(C(=O)C(C)C)CC[C@@H]2C(C)(C)C1=O. The predicted molar refractivity (Wildman–Crippen MR) is 81.1 cm³/mol. The third-order valence-electron chi connectivity index (χ3n) is 5.10. The number of fused-ring (bicyclic) bond motifs is 1. The van der Waals surface area contributed by atoms with Gasteiger partial charge in [0, 0.05) is 24.4 Å². The Hall–Kier alpha value is -1.63. The molecule has 0 aromatic carbocycles. The van der Waals surface area contributed by atoms with Crippen molar-refractivity contribution < 1.29 is 9.59 Å². The van der Waals surface area contributed by atoms with E-state index in [1.165, 1.54) is 0 Å². The van der Waals surface area contributed by atoms with E-state index in [0.29, 0.717) is 13.1 Å². The molecule has 114 valence electrons. The Morgan fingerprint density at radius 3 is 2.57 bits per heavy atom. The zero-order valence-electron chi connectivity index (χ0n) is 13.6. The smallest absolute Gasteiger partial charge is 0.226 e. The summed E-state index contributed by atoms with van der Waals surface area (Å²) < 4.78 is 0. The van der Waals surface area contributed by atoms with E-state index in [4.69, 9.17) is 6.57 Å². The first-order valence-electron chi connectivity index (χ1n) is 7.57. The summed E-state index contributed by atoms with van der Waals surface area (Å²) in [6.07, 6.45) is 2.63. The number of Topliss-reactive ketones (excluding diaryl/α,β-unsaturated/α-hetero) is 1. The van der Waals surface area contributed by atoms with Crippen LogP contribution in [0, 0.1) is 29.2 Å². The standard InChI is InChI=1S/C17H24N2O2/c1-11(2)15(21)19-8-7-13-16(3,4)14(20)12(18-6)9-17(13,5)10-19/h9,11,13H,7-8,10H2,1-5H3/t13-,17+/m1/s1. The molecule has 4 heteroatoms. The zero-order valence-corrected chi connectivity index (χ0v) is 13.6. The highest BCUT2D eigenvalue weighted by atomic mass is 16.2. The molecular weight excluding hydrogens is 264 g/mol. The van der Waals surface area contributed by atoms with Crippen LogP contribution in [0.4, 0.5) is 0 Å². The zero-order chi connectivity index (χ0) is 16.0. The van der Waals surface area contributed by atoms with Crippen molar-refractivity contribution in [3.63, 3.8) is 0 Å². The highest BCUT2D eigenvalue weighted by Crippen LogP contribution is 2.52. The molecule has 1 fully saturated rings. The topological polar surface area (TPSA) is 41.7 Å². The number of rotatable bonds is 1. The number of hydrogen-bond donors (Lipinski definition) is 0. The lowest BCUT2D eigenvalue weighted by molar-refractivity contribution is -0.143. The van der Waals surface area contributed by atoms with Gasteiger partial charge in [-0.2, -0.15) is 0 Å². The number of hydrogen-bond acceptors (Lipinski definition) is 2. The molecule has 2 atom stereocenters. The summed E-state index contributed by atoms with van der Waals surface area (Å²) in [6, 6.07) is 0. The van der Waals surface area contributed by atoms with Gasteiger partial charge in [0.25, 0.3) is 0 Å². The molecule has 0 bridgehead atoms. The molecule has 0 N–H and O–H groups in total. The second-order valence-electron chi connectivity index (χ2n) is 7.45. The van der Waals surface area contributed by atoms with Crippen molar-refractivity contribution >= 4 is 11.7 Å². The van der Waals surface area contributed by atoms with Crippen molar-refractivity contribution in [1.82, 2.24) is 4.90 Å². The molecule has 0 aromatic rings. The van der Waals surface area contributed by atoms with E-state index in [0.717, 1.165) is 6.42 Å². The van der Waals surface area contributed by atoms with Gasteiger partial charge in [0.05, 0.1) is 6.57 Å². The quantitative estimate of drug-likeness (QED) is 0.696. The lowest BCUT2D eigenvalue weighted by Crippen LogP contribution is -2.57. The molecule has 1 aliphatic heterocycles. The number of likely N-dealkylation sites (tertiary alicyclic amines) is 1. The number of carbonyl (C=O) groups is 2. The van der Waals surface area contributed by atoms with Crippen LogP contribution in [-0.4, -0.2) is 29.7 Å². The van der Waals surface area contributed by atoms with E-state index >= 15 is 0 Å². The van der Waals surface area contributed by atoms with Gasteiger partial charge in [-0.3, -0.25) is 4.79 Å². The van der Waals surface area contributed by atoms with E-state index in [1.54, 1.807) is 0 Å². The molecule has 0 radical (unpaired) electrons. The lowest BCUT2D eigenvalue weighted by atomic mass is 9.55. The number of amides is 1. The summed E-state index contributed by atoms with van der Waals surface area (Å²) in [4.78, 5) is 30.0. The minimum absolute atomic E-state index is 0.0207. The van der Waals surface area contributed by atoms with Crippen LogP contribution in [0.5, 0.6) is 0 Å². The summed E-state index contributed by atoms with van der Waals surface area (Å²) in [5, 5.41) is 0. The van der Waals surface area contributed by atoms with Crippen molar-refractivity contribution in [3.05, 3.63) is 23.2 Å². The molecule has 1 aliphatic carbocycles. The van der Waals surface area contributed by atoms with Crippen molar-refractivity contribution in [2.75, 3.05) is 13.1 Å². The Morgan fingerprint density at radius 2 is 2.05 bits per heavy atom. The first kappa shape index (κ1) is 15.8. The molecule has 1 heterocycles. The molecule has 0 aromatic heterocycles. The fourth-order valence-electron chi connectivity index (χ4n) is 4.05. The Morgan fingerprint density at radius 1 is 1.43 bits per heavy atom.